The zero-order valence-corrected chi connectivity index (χ0v) is 9.27. The lowest BCUT2D eigenvalue weighted by atomic mass is 9.59. The predicted octanol–water partition coefficient (Wildman–Crippen LogP) is 2.94. The van der Waals surface area contributed by atoms with E-state index in [9.17, 15) is 0 Å². The molecule has 2 aliphatic carbocycles. The first kappa shape index (κ1) is 9.51. The van der Waals surface area contributed by atoms with Gasteiger partial charge in [-0.2, -0.15) is 0 Å². The molecule has 0 spiro atoms. The van der Waals surface area contributed by atoms with E-state index < -0.39 is 0 Å². The monoisotopic (exact) mass is 181 g/mol. The standard InChI is InChI=1S/C12H23N/c1-4-12(5-2)10-7-6-9(8-10)11(12,3)13/h9-10H,4-8,13H2,1-3H3/t9?,10?,11-/m1/s1. The Kier molecular flexibility index (Phi) is 1.99. The fraction of sp³-hybridized carbons (Fsp3) is 1.00. The van der Waals surface area contributed by atoms with E-state index in [1.165, 1.54) is 32.1 Å². The fourth-order valence-electron chi connectivity index (χ4n) is 4.46. The van der Waals surface area contributed by atoms with Crippen LogP contribution in [0.5, 0.6) is 0 Å². The molecule has 1 nitrogen and oxygen atoms in total. The highest BCUT2D eigenvalue weighted by Crippen LogP contribution is 2.63. The Morgan fingerprint density at radius 2 is 1.69 bits per heavy atom. The molecule has 2 aliphatic rings. The lowest BCUT2D eigenvalue weighted by molar-refractivity contribution is 0.0512. The largest absolute Gasteiger partial charge is 0.325 e. The number of fused-ring (bicyclic) bond motifs is 2. The molecule has 0 heterocycles. The van der Waals surface area contributed by atoms with Gasteiger partial charge in [-0.3, -0.25) is 0 Å². The van der Waals surface area contributed by atoms with E-state index in [1.807, 2.05) is 0 Å². The highest BCUT2D eigenvalue weighted by molar-refractivity contribution is 5.15. The summed E-state index contributed by atoms with van der Waals surface area (Å²) in [7, 11) is 0. The zero-order chi connectivity index (χ0) is 9.69. The van der Waals surface area contributed by atoms with Gasteiger partial charge in [0.1, 0.15) is 0 Å². The minimum atomic E-state index is 0.124. The first-order valence-corrected chi connectivity index (χ1v) is 5.87. The Morgan fingerprint density at radius 3 is 2.00 bits per heavy atom. The van der Waals surface area contributed by atoms with Gasteiger partial charge in [-0.1, -0.05) is 13.8 Å². The minimum Gasteiger partial charge on any atom is -0.325 e. The van der Waals surface area contributed by atoms with Crippen molar-refractivity contribution in [2.24, 2.45) is 23.0 Å². The molecule has 0 aromatic heterocycles. The second-order valence-corrected chi connectivity index (χ2v) is 5.35. The molecule has 2 N–H and O–H groups in total. The van der Waals surface area contributed by atoms with E-state index in [4.69, 9.17) is 5.73 Å². The first-order chi connectivity index (χ1) is 6.08. The zero-order valence-electron chi connectivity index (χ0n) is 9.27. The van der Waals surface area contributed by atoms with Gasteiger partial charge in [0.2, 0.25) is 0 Å². The van der Waals surface area contributed by atoms with Crippen LogP contribution in [0.4, 0.5) is 0 Å². The van der Waals surface area contributed by atoms with Gasteiger partial charge in [-0.15, -0.1) is 0 Å². The van der Waals surface area contributed by atoms with Crippen LogP contribution in [0.3, 0.4) is 0 Å². The molecular weight excluding hydrogens is 158 g/mol. The van der Waals surface area contributed by atoms with Crippen molar-refractivity contribution in [1.29, 1.82) is 0 Å². The maximum Gasteiger partial charge on any atom is 0.0213 e. The maximum absolute atomic E-state index is 6.56. The third-order valence-electron chi connectivity index (χ3n) is 5.40. The highest BCUT2D eigenvalue weighted by Gasteiger charge is 2.61. The van der Waals surface area contributed by atoms with Gasteiger partial charge < -0.3 is 5.73 Å². The van der Waals surface area contributed by atoms with Crippen LogP contribution in [-0.2, 0) is 0 Å². The minimum absolute atomic E-state index is 0.124. The SMILES string of the molecule is CCC1(CC)C2CCC(C2)[C@@]1(C)N. The van der Waals surface area contributed by atoms with Crippen molar-refractivity contribution in [2.75, 3.05) is 0 Å². The predicted molar refractivity (Wildman–Crippen MR) is 56.4 cm³/mol. The van der Waals surface area contributed by atoms with Crippen LogP contribution in [-0.4, -0.2) is 5.54 Å². The van der Waals surface area contributed by atoms with E-state index >= 15 is 0 Å². The average molecular weight is 181 g/mol. The Labute approximate surface area is 82.1 Å². The van der Waals surface area contributed by atoms with E-state index in [-0.39, 0.29) is 5.54 Å². The summed E-state index contributed by atoms with van der Waals surface area (Å²) in [5.41, 5.74) is 7.16. The molecule has 2 rings (SSSR count). The molecule has 0 aromatic rings. The van der Waals surface area contributed by atoms with Gasteiger partial charge in [0.25, 0.3) is 0 Å². The Morgan fingerprint density at radius 1 is 1.15 bits per heavy atom. The van der Waals surface area contributed by atoms with Crippen LogP contribution >= 0.6 is 0 Å². The van der Waals surface area contributed by atoms with Crippen LogP contribution in [0.25, 0.3) is 0 Å². The van der Waals surface area contributed by atoms with Crippen molar-refractivity contribution in [3.05, 3.63) is 0 Å². The van der Waals surface area contributed by atoms with Gasteiger partial charge >= 0.3 is 0 Å². The summed E-state index contributed by atoms with van der Waals surface area (Å²) in [6, 6.07) is 0. The molecule has 0 radical (unpaired) electrons. The summed E-state index contributed by atoms with van der Waals surface area (Å²) in [6.07, 6.45) is 6.79. The number of rotatable bonds is 2. The van der Waals surface area contributed by atoms with E-state index in [0.717, 1.165) is 11.8 Å². The van der Waals surface area contributed by atoms with Crippen molar-refractivity contribution in [2.45, 2.75) is 58.4 Å². The molecule has 13 heavy (non-hydrogen) atoms. The van der Waals surface area contributed by atoms with Crippen molar-refractivity contribution in [1.82, 2.24) is 0 Å². The van der Waals surface area contributed by atoms with Crippen molar-refractivity contribution in [3.63, 3.8) is 0 Å². The second-order valence-electron chi connectivity index (χ2n) is 5.35. The van der Waals surface area contributed by atoms with Crippen molar-refractivity contribution < 1.29 is 0 Å². The number of hydrogen-bond acceptors (Lipinski definition) is 1. The molecule has 0 aliphatic heterocycles. The molecule has 2 bridgehead atoms. The summed E-state index contributed by atoms with van der Waals surface area (Å²) in [5.74, 6) is 1.75. The topological polar surface area (TPSA) is 26.0 Å². The van der Waals surface area contributed by atoms with Crippen molar-refractivity contribution in [3.8, 4) is 0 Å². The molecule has 2 saturated carbocycles. The normalized spacial score (nSPS) is 47.1. The molecule has 1 heteroatoms. The summed E-state index contributed by atoms with van der Waals surface area (Å²) < 4.78 is 0. The van der Waals surface area contributed by atoms with Crippen molar-refractivity contribution >= 4 is 0 Å². The number of hydrogen-bond donors (Lipinski definition) is 1. The molecule has 3 atom stereocenters. The third kappa shape index (κ3) is 0.918. The van der Waals surface area contributed by atoms with Crippen LogP contribution in [0.15, 0.2) is 0 Å². The summed E-state index contributed by atoms with van der Waals surface area (Å²) in [5, 5.41) is 0. The molecule has 0 amide bonds. The summed E-state index contributed by atoms with van der Waals surface area (Å²) >= 11 is 0. The smallest absolute Gasteiger partial charge is 0.0213 e. The third-order valence-corrected chi connectivity index (χ3v) is 5.40. The van der Waals surface area contributed by atoms with Crippen LogP contribution in [0.1, 0.15) is 52.9 Å². The van der Waals surface area contributed by atoms with Crippen LogP contribution in [0.2, 0.25) is 0 Å². The van der Waals surface area contributed by atoms with Gasteiger partial charge in [0, 0.05) is 5.54 Å². The van der Waals surface area contributed by atoms with E-state index in [2.05, 4.69) is 20.8 Å². The quantitative estimate of drug-likeness (QED) is 0.696. The van der Waals surface area contributed by atoms with Crippen LogP contribution in [0, 0.1) is 17.3 Å². The first-order valence-electron chi connectivity index (χ1n) is 5.87. The number of nitrogens with two attached hydrogens (primary N) is 1. The molecular formula is C12H23N. The van der Waals surface area contributed by atoms with E-state index in [0.29, 0.717) is 5.41 Å². The maximum atomic E-state index is 6.56. The molecule has 76 valence electrons. The average Bonchev–Trinajstić information content (AvgIpc) is 2.62. The summed E-state index contributed by atoms with van der Waals surface area (Å²) in [4.78, 5) is 0. The highest BCUT2D eigenvalue weighted by atomic mass is 14.9. The second kappa shape index (κ2) is 2.73. The Balaban J connectivity index is 2.36. The van der Waals surface area contributed by atoms with Gasteiger partial charge in [-0.25, -0.2) is 0 Å². The molecule has 0 saturated heterocycles. The fourth-order valence-corrected chi connectivity index (χ4v) is 4.46. The summed E-state index contributed by atoms with van der Waals surface area (Å²) in [6.45, 7) is 6.97. The Bertz CT molecular complexity index is 203. The molecule has 2 fully saturated rings. The Hall–Kier alpha value is -0.0400. The van der Waals surface area contributed by atoms with Gasteiger partial charge in [-0.05, 0) is 56.3 Å². The van der Waals surface area contributed by atoms with E-state index in [1.54, 1.807) is 0 Å². The van der Waals surface area contributed by atoms with Gasteiger partial charge in [0.15, 0.2) is 0 Å². The molecule has 0 aromatic carbocycles. The lowest BCUT2D eigenvalue weighted by Crippen LogP contribution is -2.56. The molecule has 2 unspecified atom stereocenters. The van der Waals surface area contributed by atoms with Crippen LogP contribution < -0.4 is 5.73 Å². The lowest BCUT2D eigenvalue weighted by Gasteiger charge is -2.49. The van der Waals surface area contributed by atoms with Gasteiger partial charge in [0.05, 0.1) is 0 Å².